The van der Waals surface area contributed by atoms with Crippen LogP contribution in [-0.2, 0) is 11.2 Å². The number of rotatable bonds is 3. The molecule has 2 N–H and O–H groups in total. The van der Waals surface area contributed by atoms with Gasteiger partial charge in [-0.05, 0) is 12.1 Å². The van der Waals surface area contributed by atoms with Gasteiger partial charge >= 0.3 is 0 Å². The van der Waals surface area contributed by atoms with Crippen LogP contribution in [0.1, 0.15) is 12.2 Å². The maximum atomic E-state index is 11.5. The Morgan fingerprint density at radius 2 is 2.28 bits per heavy atom. The molecule has 1 aliphatic heterocycles. The number of carbonyl (C=O) groups is 1. The Hall–Kier alpha value is -1.88. The number of aliphatic hydroxyl groups is 1. The Labute approximate surface area is 104 Å². The normalized spacial score (nSPS) is 19.9. The topological polar surface area (TPSA) is 69.2 Å². The highest BCUT2D eigenvalue weighted by molar-refractivity contribution is 5.79. The van der Waals surface area contributed by atoms with Gasteiger partial charge < -0.3 is 15.0 Å². The summed E-state index contributed by atoms with van der Waals surface area (Å²) < 4.78 is 0. The quantitative estimate of drug-likeness (QED) is 0.836. The van der Waals surface area contributed by atoms with E-state index in [0.29, 0.717) is 19.5 Å². The van der Waals surface area contributed by atoms with Crippen molar-refractivity contribution in [2.75, 3.05) is 13.1 Å². The molecule has 1 unspecified atom stereocenters. The number of aromatic nitrogens is 2. The van der Waals surface area contributed by atoms with Gasteiger partial charge in [0, 0.05) is 19.5 Å². The number of hydrogen-bond donors (Lipinski definition) is 2. The fourth-order valence-corrected chi connectivity index (χ4v) is 2.33. The third-order valence-corrected chi connectivity index (χ3v) is 3.25. The molecule has 2 heterocycles. The van der Waals surface area contributed by atoms with E-state index in [1.165, 1.54) is 0 Å². The number of nitrogens with zero attached hydrogens (tertiary/aromatic N) is 2. The van der Waals surface area contributed by atoms with Gasteiger partial charge in [-0.15, -0.1) is 0 Å². The minimum atomic E-state index is -0.506. The second kappa shape index (κ2) is 4.42. The van der Waals surface area contributed by atoms with Crippen molar-refractivity contribution in [3.8, 4) is 0 Å². The van der Waals surface area contributed by atoms with Crippen molar-refractivity contribution in [2.45, 2.75) is 18.9 Å². The van der Waals surface area contributed by atoms with E-state index in [0.717, 1.165) is 16.9 Å². The van der Waals surface area contributed by atoms with E-state index < -0.39 is 6.10 Å². The lowest BCUT2D eigenvalue weighted by molar-refractivity contribution is -0.127. The van der Waals surface area contributed by atoms with Crippen LogP contribution < -0.4 is 0 Å². The minimum absolute atomic E-state index is 0.0265. The van der Waals surface area contributed by atoms with Crippen LogP contribution in [0.5, 0.6) is 0 Å². The zero-order chi connectivity index (χ0) is 12.5. The van der Waals surface area contributed by atoms with Crippen LogP contribution in [0.15, 0.2) is 24.3 Å². The molecule has 5 heteroatoms. The molecular weight excluding hydrogens is 230 g/mol. The molecule has 1 atom stereocenters. The molecule has 1 fully saturated rings. The first-order chi connectivity index (χ1) is 8.72. The minimum Gasteiger partial charge on any atom is -0.391 e. The van der Waals surface area contributed by atoms with Gasteiger partial charge in [-0.1, -0.05) is 12.1 Å². The number of aliphatic hydroxyl groups excluding tert-OH is 1. The number of imidazole rings is 1. The summed E-state index contributed by atoms with van der Waals surface area (Å²) in [4.78, 5) is 20.9. The molecule has 1 saturated heterocycles. The van der Waals surface area contributed by atoms with Gasteiger partial charge in [-0.2, -0.15) is 0 Å². The average molecular weight is 245 g/mol. The second-order valence-electron chi connectivity index (χ2n) is 4.65. The van der Waals surface area contributed by atoms with E-state index in [1.54, 1.807) is 4.90 Å². The summed E-state index contributed by atoms with van der Waals surface area (Å²) in [7, 11) is 0. The summed E-state index contributed by atoms with van der Waals surface area (Å²) in [5.41, 5.74) is 1.96. The summed E-state index contributed by atoms with van der Waals surface area (Å²) in [6, 6.07) is 7.86. The molecule has 5 nitrogen and oxygen atoms in total. The predicted octanol–water partition coefficient (Wildman–Crippen LogP) is 0.699. The molecule has 0 radical (unpaired) electrons. The lowest BCUT2D eigenvalue weighted by atomic mass is 10.3. The molecular formula is C13H15N3O2. The van der Waals surface area contributed by atoms with Crippen molar-refractivity contribution in [3.05, 3.63) is 30.1 Å². The SMILES string of the molecule is O=C1CC(O)CN1CCc1nc2ccccc2[nH]1. The molecule has 0 aliphatic carbocycles. The van der Waals surface area contributed by atoms with Crippen LogP contribution in [0, 0.1) is 0 Å². The average Bonchev–Trinajstić information content (AvgIpc) is 2.89. The van der Waals surface area contributed by atoms with Gasteiger partial charge in [0.2, 0.25) is 5.91 Å². The zero-order valence-corrected chi connectivity index (χ0v) is 9.97. The molecule has 1 aromatic carbocycles. The van der Waals surface area contributed by atoms with E-state index in [-0.39, 0.29) is 12.3 Å². The highest BCUT2D eigenvalue weighted by atomic mass is 16.3. The Morgan fingerprint density at radius 3 is 3.00 bits per heavy atom. The maximum absolute atomic E-state index is 11.5. The molecule has 2 aromatic rings. The standard InChI is InChI=1S/C13H15N3O2/c17-9-7-13(18)16(8-9)6-5-12-14-10-3-1-2-4-11(10)15-12/h1-4,9,17H,5-8H2,(H,14,15). The number of amides is 1. The summed E-state index contributed by atoms with van der Waals surface area (Å²) in [6.45, 7) is 1.05. The number of aromatic amines is 1. The van der Waals surface area contributed by atoms with Crippen LogP contribution in [0.25, 0.3) is 11.0 Å². The highest BCUT2D eigenvalue weighted by Crippen LogP contribution is 2.13. The summed E-state index contributed by atoms with van der Waals surface area (Å²) in [5.74, 6) is 0.906. The first-order valence-corrected chi connectivity index (χ1v) is 6.12. The lowest BCUT2D eigenvalue weighted by Crippen LogP contribution is -2.28. The molecule has 1 aliphatic rings. The van der Waals surface area contributed by atoms with Crippen molar-refractivity contribution in [3.63, 3.8) is 0 Å². The molecule has 3 rings (SSSR count). The third-order valence-electron chi connectivity index (χ3n) is 3.25. The van der Waals surface area contributed by atoms with Crippen molar-refractivity contribution >= 4 is 16.9 Å². The monoisotopic (exact) mass is 245 g/mol. The first kappa shape index (κ1) is 11.2. The molecule has 18 heavy (non-hydrogen) atoms. The predicted molar refractivity (Wildman–Crippen MR) is 67.0 cm³/mol. The maximum Gasteiger partial charge on any atom is 0.225 e. The largest absolute Gasteiger partial charge is 0.391 e. The highest BCUT2D eigenvalue weighted by Gasteiger charge is 2.27. The van der Waals surface area contributed by atoms with E-state index in [4.69, 9.17) is 0 Å². The van der Waals surface area contributed by atoms with Crippen LogP contribution >= 0.6 is 0 Å². The van der Waals surface area contributed by atoms with Crippen molar-refractivity contribution < 1.29 is 9.90 Å². The summed E-state index contributed by atoms with van der Waals surface area (Å²) in [6.07, 6.45) is 0.431. The number of fused-ring (bicyclic) bond motifs is 1. The Morgan fingerprint density at radius 1 is 1.44 bits per heavy atom. The Balaban J connectivity index is 1.68. The van der Waals surface area contributed by atoms with Gasteiger partial charge in [0.25, 0.3) is 0 Å². The van der Waals surface area contributed by atoms with E-state index >= 15 is 0 Å². The first-order valence-electron chi connectivity index (χ1n) is 6.12. The van der Waals surface area contributed by atoms with Crippen LogP contribution in [0.2, 0.25) is 0 Å². The summed E-state index contributed by atoms with van der Waals surface area (Å²) in [5, 5.41) is 9.40. The van der Waals surface area contributed by atoms with Crippen LogP contribution in [-0.4, -0.2) is 45.1 Å². The number of nitrogens with one attached hydrogen (secondary N) is 1. The van der Waals surface area contributed by atoms with Crippen LogP contribution in [0.4, 0.5) is 0 Å². The van der Waals surface area contributed by atoms with Gasteiger partial charge in [0.15, 0.2) is 0 Å². The number of carbonyl (C=O) groups excluding carboxylic acids is 1. The fraction of sp³-hybridized carbons (Fsp3) is 0.385. The van der Waals surface area contributed by atoms with Crippen molar-refractivity contribution in [1.82, 2.24) is 14.9 Å². The number of likely N-dealkylation sites (tertiary alicyclic amines) is 1. The van der Waals surface area contributed by atoms with Crippen molar-refractivity contribution in [2.24, 2.45) is 0 Å². The number of H-pyrrole nitrogens is 1. The number of hydrogen-bond acceptors (Lipinski definition) is 3. The van der Waals surface area contributed by atoms with Gasteiger partial charge in [-0.25, -0.2) is 4.98 Å². The van der Waals surface area contributed by atoms with Crippen molar-refractivity contribution in [1.29, 1.82) is 0 Å². The zero-order valence-electron chi connectivity index (χ0n) is 9.97. The number of benzene rings is 1. The molecule has 0 spiro atoms. The molecule has 0 saturated carbocycles. The molecule has 1 aromatic heterocycles. The van der Waals surface area contributed by atoms with E-state index in [2.05, 4.69) is 9.97 Å². The van der Waals surface area contributed by atoms with Gasteiger partial charge in [0.05, 0.1) is 23.6 Å². The van der Waals surface area contributed by atoms with E-state index in [9.17, 15) is 9.90 Å². The molecule has 1 amide bonds. The number of para-hydroxylation sites is 2. The number of β-amino-alcohol motifs (C(OH)–C–C–N with tert-alkyl or cyclic N) is 1. The Bertz CT molecular complexity index is 545. The Kier molecular flexibility index (Phi) is 2.76. The lowest BCUT2D eigenvalue weighted by Gasteiger charge is -2.14. The van der Waals surface area contributed by atoms with E-state index in [1.807, 2.05) is 24.3 Å². The fourth-order valence-electron chi connectivity index (χ4n) is 2.33. The van der Waals surface area contributed by atoms with Crippen LogP contribution in [0.3, 0.4) is 0 Å². The molecule has 94 valence electrons. The smallest absolute Gasteiger partial charge is 0.225 e. The third kappa shape index (κ3) is 2.09. The summed E-state index contributed by atoms with van der Waals surface area (Å²) >= 11 is 0. The second-order valence-corrected chi connectivity index (χ2v) is 4.65. The molecule has 0 bridgehead atoms. The van der Waals surface area contributed by atoms with Gasteiger partial charge in [-0.3, -0.25) is 4.79 Å². The van der Waals surface area contributed by atoms with Gasteiger partial charge in [0.1, 0.15) is 5.82 Å².